The Morgan fingerprint density at radius 2 is 2.09 bits per heavy atom. The second kappa shape index (κ2) is 8.53. The lowest BCUT2D eigenvalue weighted by Crippen LogP contribution is -2.34. The van der Waals surface area contributed by atoms with Crippen LogP contribution in [0, 0.1) is 5.92 Å². The number of carbonyl (C=O) groups is 2. The summed E-state index contributed by atoms with van der Waals surface area (Å²) in [6.45, 7) is 4.51. The standard InChI is InChI=1S/C17H24N2O4/c1-3-23-9-8-18-17(21)14-10-16(20)19(12-14)11-13-4-6-15(22-2)7-5-13/h4-7,14H,3,8-12H2,1-2H3,(H,18,21)/t14-/m1/s1. The van der Waals surface area contributed by atoms with Crippen molar-refractivity contribution < 1.29 is 19.1 Å². The number of likely N-dealkylation sites (tertiary alicyclic amines) is 1. The van der Waals surface area contributed by atoms with E-state index in [9.17, 15) is 9.59 Å². The molecule has 1 N–H and O–H groups in total. The smallest absolute Gasteiger partial charge is 0.225 e. The van der Waals surface area contributed by atoms with Crippen LogP contribution in [-0.2, 0) is 20.9 Å². The molecule has 1 atom stereocenters. The molecule has 0 radical (unpaired) electrons. The van der Waals surface area contributed by atoms with Crippen molar-refractivity contribution in [2.45, 2.75) is 19.9 Å². The van der Waals surface area contributed by atoms with E-state index in [1.54, 1.807) is 12.0 Å². The van der Waals surface area contributed by atoms with Gasteiger partial charge in [-0.2, -0.15) is 0 Å². The van der Waals surface area contributed by atoms with Gasteiger partial charge in [-0.1, -0.05) is 12.1 Å². The number of nitrogens with one attached hydrogen (secondary N) is 1. The summed E-state index contributed by atoms with van der Waals surface area (Å²) in [7, 11) is 1.62. The minimum atomic E-state index is -0.276. The summed E-state index contributed by atoms with van der Waals surface area (Å²) >= 11 is 0. The molecule has 1 aliphatic heterocycles. The Morgan fingerprint density at radius 1 is 1.35 bits per heavy atom. The molecule has 2 amide bonds. The van der Waals surface area contributed by atoms with Gasteiger partial charge in [0.2, 0.25) is 11.8 Å². The zero-order valence-corrected chi connectivity index (χ0v) is 13.7. The van der Waals surface area contributed by atoms with Crippen molar-refractivity contribution in [1.82, 2.24) is 10.2 Å². The third-order valence-corrected chi connectivity index (χ3v) is 3.87. The van der Waals surface area contributed by atoms with E-state index < -0.39 is 0 Å². The summed E-state index contributed by atoms with van der Waals surface area (Å²) in [5.74, 6) is 0.455. The SMILES string of the molecule is CCOCCNC(=O)[C@@H]1CC(=O)N(Cc2ccc(OC)cc2)C1. The van der Waals surface area contributed by atoms with Gasteiger partial charge in [0.25, 0.3) is 0 Å². The Hall–Kier alpha value is -2.08. The van der Waals surface area contributed by atoms with E-state index in [-0.39, 0.29) is 24.2 Å². The molecule has 1 aromatic rings. The Morgan fingerprint density at radius 3 is 2.74 bits per heavy atom. The van der Waals surface area contributed by atoms with Crippen LogP contribution >= 0.6 is 0 Å². The second-order valence-electron chi connectivity index (χ2n) is 5.51. The minimum absolute atomic E-state index is 0.0192. The van der Waals surface area contributed by atoms with Crippen molar-refractivity contribution in [3.63, 3.8) is 0 Å². The number of methoxy groups -OCH3 is 1. The summed E-state index contributed by atoms with van der Waals surface area (Å²) in [6, 6.07) is 7.60. The molecule has 0 spiro atoms. The average Bonchev–Trinajstić information content (AvgIpc) is 2.93. The molecule has 126 valence electrons. The molecule has 1 heterocycles. The molecule has 1 aromatic carbocycles. The number of hydrogen-bond acceptors (Lipinski definition) is 4. The van der Waals surface area contributed by atoms with Gasteiger partial charge in [0.15, 0.2) is 0 Å². The van der Waals surface area contributed by atoms with Crippen LogP contribution in [0.25, 0.3) is 0 Å². The fraction of sp³-hybridized carbons (Fsp3) is 0.529. The summed E-state index contributed by atoms with van der Waals surface area (Å²) in [5, 5.41) is 2.82. The maximum atomic E-state index is 12.1. The summed E-state index contributed by atoms with van der Waals surface area (Å²) < 4.78 is 10.3. The van der Waals surface area contributed by atoms with Crippen LogP contribution in [0.5, 0.6) is 5.75 Å². The molecule has 2 rings (SSSR count). The highest BCUT2D eigenvalue weighted by Crippen LogP contribution is 2.21. The number of rotatable bonds is 8. The van der Waals surface area contributed by atoms with Crippen molar-refractivity contribution >= 4 is 11.8 Å². The highest BCUT2D eigenvalue weighted by atomic mass is 16.5. The molecule has 0 bridgehead atoms. The first-order chi connectivity index (χ1) is 11.1. The Labute approximate surface area is 136 Å². The van der Waals surface area contributed by atoms with E-state index in [1.807, 2.05) is 31.2 Å². The van der Waals surface area contributed by atoms with Gasteiger partial charge < -0.3 is 19.7 Å². The van der Waals surface area contributed by atoms with Gasteiger partial charge in [-0.15, -0.1) is 0 Å². The maximum Gasteiger partial charge on any atom is 0.225 e. The first kappa shape index (κ1) is 17.3. The molecule has 6 heteroatoms. The van der Waals surface area contributed by atoms with Crippen LogP contribution < -0.4 is 10.1 Å². The predicted octanol–water partition coefficient (Wildman–Crippen LogP) is 1.20. The first-order valence-corrected chi connectivity index (χ1v) is 7.90. The number of ether oxygens (including phenoxy) is 2. The molecule has 0 unspecified atom stereocenters. The molecule has 6 nitrogen and oxygen atoms in total. The molecule has 0 aliphatic carbocycles. The lowest BCUT2D eigenvalue weighted by atomic mass is 10.1. The van der Waals surface area contributed by atoms with Gasteiger partial charge in [-0.05, 0) is 24.6 Å². The average molecular weight is 320 g/mol. The molecular formula is C17H24N2O4. The van der Waals surface area contributed by atoms with Crippen LogP contribution in [0.2, 0.25) is 0 Å². The van der Waals surface area contributed by atoms with E-state index in [1.165, 1.54) is 0 Å². The van der Waals surface area contributed by atoms with Crippen LogP contribution in [0.1, 0.15) is 18.9 Å². The Kier molecular flexibility index (Phi) is 6.40. The second-order valence-corrected chi connectivity index (χ2v) is 5.51. The van der Waals surface area contributed by atoms with Gasteiger partial charge in [0.1, 0.15) is 5.75 Å². The lowest BCUT2D eigenvalue weighted by Gasteiger charge is -2.17. The summed E-state index contributed by atoms with van der Waals surface area (Å²) in [5.41, 5.74) is 1.02. The number of carbonyl (C=O) groups excluding carboxylic acids is 2. The largest absolute Gasteiger partial charge is 0.497 e. The van der Waals surface area contributed by atoms with E-state index in [4.69, 9.17) is 9.47 Å². The van der Waals surface area contributed by atoms with Crippen LogP contribution in [0.3, 0.4) is 0 Å². The Balaban J connectivity index is 1.82. The van der Waals surface area contributed by atoms with Gasteiger partial charge in [-0.25, -0.2) is 0 Å². The zero-order valence-electron chi connectivity index (χ0n) is 13.7. The molecule has 1 saturated heterocycles. The minimum Gasteiger partial charge on any atom is -0.497 e. The monoisotopic (exact) mass is 320 g/mol. The number of hydrogen-bond donors (Lipinski definition) is 1. The fourth-order valence-electron chi connectivity index (χ4n) is 2.59. The van der Waals surface area contributed by atoms with Crippen molar-refractivity contribution in [2.75, 3.05) is 33.4 Å². The van der Waals surface area contributed by atoms with Gasteiger partial charge >= 0.3 is 0 Å². The van der Waals surface area contributed by atoms with Crippen molar-refractivity contribution in [1.29, 1.82) is 0 Å². The molecule has 0 saturated carbocycles. The summed E-state index contributed by atoms with van der Waals surface area (Å²) in [6.07, 6.45) is 0.274. The number of amides is 2. The van der Waals surface area contributed by atoms with Crippen molar-refractivity contribution in [3.05, 3.63) is 29.8 Å². The Bertz CT molecular complexity index is 530. The van der Waals surface area contributed by atoms with E-state index in [2.05, 4.69) is 5.32 Å². The van der Waals surface area contributed by atoms with Gasteiger partial charge in [0.05, 0.1) is 19.6 Å². The highest BCUT2D eigenvalue weighted by molar-refractivity contribution is 5.89. The quantitative estimate of drug-likeness (QED) is 0.731. The third-order valence-electron chi connectivity index (χ3n) is 3.87. The summed E-state index contributed by atoms with van der Waals surface area (Å²) in [4.78, 5) is 25.9. The number of benzene rings is 1. The molecular weight excluding hydrogens is 296 g/mol. The topological polar surface area (TPSA) is 67.9 Å². The maximum absolute atomic E-state index is 12.1. The highest BCUT2D eigenvalue weighted by Gasteiger charge is 2.33. The third kappa shape index (κ3) is 4.96. The molecule has 1 fully saturated rings. The molecule has 23 heavy (non-hydrogen) atoms. The number of nitrogens with zero attached hydrogens (tertiary/aromatic N) is 1. The zero-order chi connectivity index (χ0) is 16.7. The molecule has 0 aromatic heterocycles. The predicted molar refractivity (Wildman–Crippen MR) is 86.0 cm³/mol. The van der Waals surface area contributed by atoms with Crippen molar-refractivity contribution in [3.8, 4) is 5.75 Å². The normalized spacial score (nSPS) is 17.4. The van der Waals surface area contributed by atoms with E-state index in [0.717, 1.165) is 11.3 Å². The first-order valence-electron chi connectivity index (χ1n) is 7.90. The van der Waals surface area contributed by atoms with Crippen LogP contribution in [-0.4, -0.2) is 50.1 Å². The molecule has 1 aliphatic rings. The van der Waals surface area contributed by atoms with E-state index >= 15 is 0 Å². The van der Waals surface area contributed by atoms with Gasteiger partial charge in [0, 0.05) is 32.7 Å². The fourth-order valence-corrected chi connectivity index (χ4v) is 2.59. The van der Waals surface area contributed by atoms with E-state index in [0.29, 0.717) is 32.8 Å². The lowest BCUT2D eigenvalue weighted by molar-refractivity contribution is -0.129. The van der Waals surface area contributed by atoms with Crippen molar-refractivity contribution in [2.24, 2.45) is 5.92 Å². The van der Waals surface area contributed by atoms with Crippen LogP contribution in [0.15, 0.2) is 24.3 Å². The van der Waals surface area contributed by atoms with Gasteiger partial charge in [-0.3, -0.25) is 9.59 Å². The van der Waals surface area contributed by atoms with Crippen LogP contribution in [0.4, 0.5) is 0 Å².